The topological polar surface area (TPSA) is 195 Å². The summed E-state index contributed by atoms with van der Waals surface area (Å²) in [6, 6.07) is 23.0. The normalized spacial score (nSPS) is 14.7. The van der Waals surface area contributed by atoms with Crippen LogP contribution < -0.4 is 20.1 Å². The van der Waals surface area contributed by atoms with Gasteiger partial charge < -0.3 is 20.1 Å². The first-order valence-electron chi connectivity index (χ1n) is 21.3. The monoisotopic (exact) mass is 1120 g/mol. The van der Waals surface area contributed by atoms with Crippen LogP contribution in [0, 0.1) is 25.7 Å². The second-order valence-electron chi connectivity index (χ2n) is 15.9. The Morgan fingerprint density at radius 2 is 1.03 bits per heavy atom. The molecule has 2 amide bonds. The van der Waals surface area contributed by atoms with E-state index in [1.165, 1.54) is 34.8 Å². The summed E-state index contributed by atoms with van der Waals surface area (Å²) in [5, 5.41) is 7.38. The number of halogens is 4. The average Bonchev–Trinajstić information content (AvgIpc) is 3.85. The lowest BCUT2D eigenvalue weighted by atomic mass is 9.96. The Labute approximate surface area is 426 Å². The van der Waals surface area contributed by atoms with Crippen molar-refractivity contribution in [1.29, 1.82) is 0 Å². The smallest absolute Gasteiger partial charge is 0.263 e. The van der Waals surface area contributed by atoms with Crippen LogP contribution in [0.15, 0.2) is 99.2 Å². The zero-order valence-electron chi connectivity index (χ0n) is 36.6. The molecule has 0 aliphatic carbocycles. The maximum atomic E-state index is 13.1. The van der Waals surface area contributed by atoms with Gasteiger partial charge in [-0.15, -0.1) is 0 Å². The predicted octanol–water partition coefficient (Wildman–Crippen LogP) is 12.1. The van der Waals surface area contributed by atoms with Gasteiger partial charge in [0.2, 0.25) is 11.8 Å². The standard InChI is InChI=1S/C23H23BrClN3O4S2.C23H23Cl2N3O4S2/c1-14-22(33-23(26-14)27-21(29)12-15-8-10-32-11-9-15)16-6-7-17(24)20(13-16)34(30,31)28-19-5-3-2-4-18(19)25;1-14-22(33-23(26-14)27-21(29)12-15-8-10-32-11-9-15)16-6-7-18(25)20(13-16)34(30,31)28-19-5-3-2-4-17(19)24/h2*2-7,13,15,28H,8-12H2,1H3,(H,26,27,29). The molecule has 0 radical (unpaired) electrons. The quantitative estimate of drug-likeness (QED) is 0.0815. The van der Waals surface area contributed by atoms with Gasteiger partial charge in [0.1, 0.15) is 9.79 Å². The Morgan fingerprint density at radius 1 is 0.618 bits per heavy atom. The van der Waals surface area contributed by atoms with Gasteiger partial charge in [0.05, 0.1) is 47.6 Å². The number of anilines is 4. The molecular formula is C46H46BrCl3N6O8S4. The Hall–Kier alpha value is -4.15. The van der Waals surface area contributed by atoms with E-state index in [4.69, 9.17) is 44.3 Å². The second kappa shape index (κ2) is 23.2. The molecule has 0 spiro atoms. The van der Waals surface area contributed by atoms with Gasteiger partial charge in [0, 0.05) is 43.7 Å². The Bertz CT molecular complexity index is 2820. The molecule has 2 aromatic heterocycles. The van der Waals surface area contributed by atoms with Crippen molar-refractivity contribution in [3.05, 3.63) is 116 Å². The molecule has 6 aromatic rings. The molecule has 2 aliphatic heterocycles. The molecular weight excluding hydrogens is 1080 g/mol. The van der Waals surface area contributed by atoms with Crippen molar-refractivity contribution in [2.45, 2.75) is 62.2 Å². The Kier molecular flexibility index (Phi) is 17.6. The lowest BCUT2D eigenvalue weighted by Crippen LogP contribution is -2.22. The lowest BCUT2D eigenvalue weighted by molar-refractivity contribution is -0.118. The van der Waals surface area contributed by atoms with Gasteiger partial charge in [-0.05, 0) is 127 Å². The maximum Gasteiger partial charge on any atom is 0.263 e. The van der Waals surface area contributed by atoms with E-state index >= 15 is 0 Å². The van der Waals surface area contributed by atoms with Crippen LogP contribution in [0.5, 0.6) is 0 Å². The number of para-hydroxylation sites is 2. The minimum Gasteiger partial charge on any atom is -0.381 e. The van der Waals surface area contributed by atoms with Gasteiger partial charge >= 0.3 is 0 Å². The van der Waals surface area contributed by atoms with Crippen LogP contribution in [0.1, 0.15) is 49.9 Å². The molecule has 2 fully saturated rings. The molecule has 0 unspecified atom stereocenters. The zero-order chi connectivity index (χ0) is 48.6. The number of aromatic nitrogens is 2. The van der Waals surface area contributed by atoms with Crippen molar-refractivity contribution in [3.63, 3.8) is 0 Å². The van der Waals surface area contributed by atoms with Gasteiger partial charge in [-0.25, -0.2) is 26.8 Å². The number of ether oxygens (including phenoxy) is 2. The molecule has 0 bridgehead atoms. The van der Waals surface area contributed by atoms with Crippen molar-refractivity contribution in [2.75, 3.05) is 46.5 Å². The van der Waals surface area contributed by atoms with E-state index < -0.39 is 20.0 Å². The molecule has 4 aromatic carbocycles. The number of nitrogens with zero attached hydrogens (tertiary/aromatic N) is 2. The maximum absolute atomic E-state index is 13.1. The fourth-order valence-corrected chi connectivity index (χ4v) is 13.5. The van der Waals surface area contributed by atoms with E-state index in [-0.39, 0.29) is 37.3 Å². The molecule has 2 saturated heterocycles. The van der Waals surface area contributed by atoms with Gasteiger partial charge in [-0.3, -0.25) is 19.0 Å². The zero-order valence-corrected chi connectivity index (χ0v) is 43.7. The summed E-state index contributed by atoms with van der Waals surface area (Å²) in [5.74, 6) is 0.466. The highest BCUT2D eigenvalue weighted by molar-refractivity contribution is 9.10. The molecule has 14 nitrogen and oxygen atoms in total. The highest BCUT2D eigenvalue weighted by Crippen LogP contribution is 2.39. The third kappa shape index (κ3) is 13.6. The van der Waals surface area contributed by atoms with Crippen LogP contribution in [-0.4, -0.2) is 65.0 Å². The number of hydrogen-bond acceptors (Lipinski definition) is 12. The number of carbonyl (C=O) groups excluding carboxylic acids is 2. The molecule has 2 aliphatic rings. The number of benzene rings is 4. The van der Waals surface area contributed by atoms with Crippen LogP contribution in [0.2, 0.25) is 15.1 Å². The molecule has 4 heterocycles. The summed E-state index contributed by atoms with van der Waals surface area (Å²) < 4.78 is 68.4. The number of nitrogens with one attached hydrogen (secondary N) is 4. The SMILES string of the molecule is Cc1nc(NC(=O)CC2CCOCC2)sc1-c1ccc(Br)c(S(=O)(=O)Nc2ccccc2Cl)c1.Cc1nc(NC(=O)CC2CCOCC2)sc1-c1ccc(Cl)c(S(=O)(=O)Nc2ccccc2Cl)c1. The lowest BCUT2D eigenvalue weighted by Gasteiger charge is -2.20. The van der Waals surface area contributed by atoms with Crippen LogP contribution in [0.3, 0.4) is 0 Å². The van der Waals surface area contributed by atoms with E-state index in [0.717, 1.165) is 35.4 Å². The van der Waals surface area contributed by atoms with Crippen molar-refractivity contribution in [3.8, 4) is 20.9 Å². The molecule has 4 N–H and O–H groups in total. The van der Waals surface area contributed by atoms with Crippen LogP contribution >= 0.6 is 73.4 Å². The average molecular weight is 1130 g/mol. The summed E-state index contributed by atoms with van der Waals surface area (Å²) >= 11 is 24.4. The van der Waals surface area contributed by atoms with Gasteiger partial charge in [-0.1, -0.05) is 93.9 Å². The van der Waals surface area contributed by atoms with Crippen LogP contribution in [0.25, 0.3) is 20.9 Å². The Balaban J connectivity index is 0.000000201. The summed E-state index contributed by atoms with van der Waals surface area (Å²) in [6.07, 6.45) is 4.38. The molecule has 68 heavy (non-hydrogen) atoms. The highest BCUT2D eigenvalue weighted by atomic mass is 79.9. The first-order valence-corrected chi connectivity index (χ1v) is 27.8. The number of aryl methyl sites for hydroxylation is 2. The number of thiazole rings is 2. The predicted molar refractivity (Wildman–Crippen MR) is 275 cm³/mol. The number of carbonyl (C=O) groups is 2. The fourth-order valence-electron chi connectivity index (χ4n) is 7.39. The first kappa shape index (κ1) is 51.7. The largest absolute Gasteiger partial charge is 0.381 e. The summed E-state index contributed by atoms with van der Waals surface area (Å²) in [7, 11) is -7.92. The minimum atomic E-state index is -4.00. The van der Waals surface area contributed by atoms with Crippen molar-refractivity contribution < 1.29 is 35.9 Å². The summed E-state index contributed by atoms with van der Waals surface area (Å²) in [4.78, 5) is 35.4. The van der Waals surface area contributed by atoms with E-state index in [9.17, 15) is 26.4 Å². The number of amides is 2. The van der Waals surface area contributed by atoms with Crippen LogP contribution in [0.4, 0.5) is 21.6 Å². The third-order valence-corrected chi connectivity index (χ3v) is 18.0. The molecule has 8 rings (SSSR count). The fraction of sp³-hybridized carbons (Fsp3) is 0.304. The summed E-state index contributed by atoms with van der Waals surface area (Å²) in [6.45, 7) is 6.40. The third-order valence-electron chi connectivity index (χ3n) is 10.9. The summed E-state index contributed by atoms with van der Waals surface area (Å²) in [5.41, 5.74) is 3.25. The van der Waals surface area contributed by atoms with Gasteiger partial charge in [0.25, 0.3) is 20.0 Å². The van der Waals surface area contributed by atoms with E-state index in [1.807, 2.05) is 19.9 Å². The first-order chi connectivity index (χ1) is 32.5. The van der Waals surface area contributed by atoms with Crippen LogP contribution in [-0.2, 0) is 39.1 Å². The van der Waals surface area contributed by atoms with Crippen molar-refractivity contribution >= 4 is 127 Å². The molecule has 22 heteroatoms. The molecule has 360 valence electrons. The molecule has 0 atom stereocenters. The second-order valence-corrected chi connectivity index (χ2v) is 23.3. The van der Waals surface area contributed by atoms with Crippen molar-refractivity contribution in [2.24, 2.45) is 11.8 Å². The van der Waals surface area contributed by atoms with Gasteiger partial charge in [0.15, 0.2) is 10.3 Å². The Morgan fingerprint density at radius 3 is 1.49 bits per heavy atom. The minimum absolute atomic E-state index is 0.0721. The van der Waals surface area contributed by atoms with Crippen molar-refractivity contribution in [1.82, 2.24) is 9.97 Å². The van der Waals surface area contributed by atoms with E-state index in [2.05, 4.69) is 46.0 Å². The molecule has 0 saturated carbocycles. The van der Waals surface area contributed by atoms with E-state index in [0.29, 0.717) is 99.1 Å². The van der Waals surface area contributed by atoms with Gasteiger partial charge in [-0.2, -0.15) is 0 Å². The number of hydrogen-bond donors (Lipinski definition) is 4. The number of rotatable bonds is 14. The van der Waals surface area contributed by atoms with E-state index in [1.54, 1.807) is 66.7 Å². The highest BCUT2D eigenvalue weighted by Gasteiger charge is 2.25. The number of sulfonamides is 2.